The Bertz CT molecular complexity index is 605. The maximum atomic E-state index is 12.0. The van der Waals surface area contributed by atoms with Gasteiger partial charge in [-0.25, -0.2) is 13.2 Å². The fourth-order valence-corrected chi connectivity index (χ4v) is 2.92. The Kier molecular flexibility index (Phi) is 4.27. The summed E-state index contributed by atoms with van der Waals surface area (Å²) in [6.07, 6.45) is 0. The van der Waals surface area contributed by atoms with Crippen LogP contribution < -0.4 is 4.72 Å². The van der Waals surface area contributed by atoms with Crippen LogP contribution in [0.1, 0.15) is 23.1 Å². The van der Waals surface area contributed by atoms with Crippen LogP contribution >= 0.6 is 0 Å². The van der Waals surface area contributed by atoms with E-state index < -0.39 is 38.6 Å². The van der Waals surface area contributed by atoms with Gasteiger partial charge in [0.05, 0.1) is 12.8 Å². The number of rotatable bonds is 5. The normalized spacial score (nSPS) is 13.0. The quantitative estimate of drug-likeness (QED) is 0.607. The molecule has 1 heterocycles. The number of nitrogens with zero attached hydrogens (tertiary/aromatic N) is 1. The molecule has 0 aliphatic rings. The lowest BCUT2D eigenvalue weighted by Gasteiger charge is -2.12. The van der Waals surface area contributed by atoms with Crippen molar-refractivity contribution in [2.75, 3.05) is 7.11 Å². The number of methoxy groups -OCH3 is 1. The van der Waals surface area contributed by atoms with Gasteiger partial charge in [-0.2, -0.15) is 9.82 Å². The van der Waals surface area contributed by atoms with E-state index in [1.54, 1.807) is 0 Å². The van der Waals surface area contributed by atoms with Crippen LogP contribution in [0.4, 0.5) is 0 Å². The smallest absolute Gasteiger partial charge is 0.357 e. The van der Waals surface area contributed by atoms with E-state index in [1.165, 1.54) is 13.8 Å². The van der Waals surface area contributed by atoms with Gasteiger partial charge in [0.1, 0.15) is 10.9 Å². The SMILES string of the molecule is COC(=O)C(C)NS(=O)(=O)c1c(C(=O)O)n[nH]c1C. The lowest BCUT2D eigenvalue weighted by atomic mass is 10.4. The molecule has 0 amide bonds. The van der Waals surface area contributed by atoms with Crippen molar-refractivity contribution in [1.82, 2.24) is 14.9 Å². The van der Waals surface area contributed by atoms with Crippen LogP contribution in [0.2, 0.25) is 0 Å². The van der Waals surface area contributed by atoms with E-state index in [0.717, 1.165) is 7.11 Å². The van der Waals surface area contributed by atoms with Crippen LogP contribution in [0.3, 0.4) is 0 Å². The first-order chi connectivity index (χ1) is 8.70. The highest BCUT2D eigenvalue weighted by Gasteiger charge is 2.31. The number of ether oxygens (including phenoxy) is 1. The van der Waals surface area contributed by atoms with Crippen molar-refractivity contribution in [2.45, 2.75) is 24.8 Å². The van der Waals surface area contributed by atoms with Crippen LogP contribution in [0.5, 0.6) is 0 Å². The summed E-state index contributed by atoms with van der Waals surface area (Å²) < 4.78 is 30.5. The lowest BCUT2D eigenvalue weighted by Crippen LogP contribution is -2.39. The fraction of sp³-hybridized carbons (Fsp3) is 0.444. The minimum absolute atomic E-state index is 0.0574. The molecular formula is C9H13N3O6S. The predicted octanol–water partition coefficient (Wildman–Crippen LogP) is -0.744. The standard InChI is InChI=1S/C9H13N3O6S/c1-4-7(6(8(13)14)11-10-4)19(16,17)12-5(2)9(15)18-3/h5,12H,1-3H3,(H,10,11)(H,13,14). The molecule has 0 saturated carbocycles. The number of sulfonamides is 1. The molecule has 0 saturated heterocycles. The number of esters is 1. The summed E-state index contributed by atoms with van der Waals surface area (Å²) in [6, 6.07) is -1.15. The molecule has 0 fully saturated rings. The van der Waals surface area contributed by atoms with Crippen LogP contribution in [0.25, 0.3) is 0 Å². The molecule has 1 aromatic rings. The predicted molar refractivity (Wildman–Crippen MR) is 62.1 cm³/mol. The summed E-state index contributed by atoms with van der Waals surface area (Å²) in [5.74, 6) is -2.28. The van der Waals surface area contributed by atoms with E-state index in [0.29, 0.717) is 0 Å². The molecule has 1 rings (SSSR count). The average molecular weight is 291 g/mol. The molecule has 9 nitrogen and oxygen atoms in total. The fourth-order valence-electron chi connectivity index (χ4n) is 1.41. The number of carboxylic acid groups (broad SMARTS) is 1. The largest absolute Gasteiger partial charge is 0.476 e. The Morgan fingerprint density at radius 1 is 1.47 bits per heavy atom. The van der Waals surface area contributed by atoms with Gasteiger partial charge in [0.2, 0.25) is 10.0 Å². The van der Waals surface area contributed by atoms with Crippen molar-refractivity contribution < 1.29 is 27.9 Å². The van der Waals surface area contributed by atoms with Crippen LogP contribution in [-0.4, -0.2) is 48.8 Å². The molecule has 0 aliphatic carbocycles. The number of aromatic nitrogens is 2. The molecular weight excluding hydrogens is 278 g/mol. The first-order valence-electron chi connectivity index (χ1n) is 5.09. The Hall–Kier alpha value is -1.94. The second-order valence-electron chi connectivity index (χ2n) is 3.70. The zero-order valence-electron chi connectivity index (χ0n) is 10.4. The van der Waals surface area contributed by atoms with Crippen molar-refractivity contribution in [1.29, 1.82) is 0 Å². The van der Waals surface area contributed by atoms with Gasteiger partial charge in [-0.15, -0.1) is 0 Å². The van der Waals surface area contributed by atoms with Gasteiger partial charge in [0, 0.05) is 0 Å². The first kappa shape index (κ1) is 15.1. The Balaban J connectivity index is 3.18. The highest BCUT2D eigenvalue weighted by molar-refractivity contribution is 7.89. The van der Waals surface area contributed by atoms with Crippen LogP contribution in [-0.2, 0) is 19.6 Å². The molecule has 0 aliphatic heterocycles. The molecule has 0 bridgehead atoms. The lowest BCUT2D eigenvalue weighted by molar-refractivity contribution is -0.142. The molecule has 1 aromatic heterocycles. The minimum Gasteiger partial charge on any atom is -0.476 e. The number of carbonyl (C=O) groups is 2. The van der Waals surface area contributed by atoms with Gasteiger partial charge in [0.15, 0.2) is 5.69 Å². The third kappa shape index (κ3) is 3.09. The molecule has 19 heavy (non-hydrogen) atoms. The number of hydrogen-bond acceptors (Lipinski definition) is 6. The van der Waals surface area contributed by atoms with E-state index in [2.05, 4.69) is 14.9 Å². The maximum Gasteiger partial charge on any atom is 0.357 e. The van der Waals surface area contributed by atoms with E-state index in [1.807, 2.05) is 4.72 Å². The molecule has 1 unspecified atom stereocenters. The number of carbonyl (C=O) groups excluding carboxylic acids is 1. The second kappa shape index (κ2) is 5.36. The summed E-state index contributed by atoms with van der Waals surface area (Å²) >= 11 is 0. The van der Waals surface area contributed by atoms with Gasteiger partial charge in [-0.1, -0.05) is 0 Å². The van der Waals surface area contributed by atoms with Gasteiger partial charge in [-0.05, 0) is 13.8 Å². The molecule has 1 atom stereocenters. The van der Waals surface area contributed by atoms with E-state index >= 15 is 0 Å². The Morgan fingerprint density at radius 3 is 2.53 bits per heavy atom. The zero-order chi connectivity index (χ0) is 14.8. The molecule has 10 heteroatoms. The monoisotopic (exact) mass is 291 g/mol. The van der Waals surface area contributed by atoms with Crippen molar-refractivity contribution >= 4 is 22.0 Å². The topological polar surface area (TPSA) is 138 Å². The number of carboxylic acids is 1. The highest BCUT2D eigenvalue weighted by Crippen LogP contribution is 2.17. The number of aromatic amines is 1. The number of hydrogen-bond donors (Lipinski definition) is 3. The average Bonchev–Trinajstić information content (AvgIpc) is 2.70. The summed E-state index contributed by atoms with van der Waals surface area (Å²) in [5, 5.41) is 14.5. The Morgan fingerprint density at radius 2 is 2.05 bits per heavy atom. The van der Waals surface area contributed by atoms with Gasteiger partial charge in [0.25, 0.3) is 0 Å². The molecule has 0 radical (unpaired) electrons. The first-order valence-corrected chi connectivity index (χ1v) is 6.57. The van der Waals surface area contributed by atoms with Crippen LogP contribution in [0.15, 0.2) is 4.90 Å². The van der Waals surface area contributed by atoms with Crippen molar-refractivity contribution in [3.8, 4) is 0 Å². The number of H-pyrrole nitrogens is 1. The minimum atomic E-state index is -4.20. The van der Waals surface area contributed by atoms with Crippen molar-refractivity contribution in [3.63, 3.8) is 0 Å². The van der Waals surface area contributed by atoms with Gasteiger partial charge >= 0.3 is 11.9 Å². The maximum absolute atomic E-state index is 12.0. The summed E-state index contributed by atoms with van der Waals surface area (Å²) in [5.41, 5.74) is -0.580. The Labute approximate surface area is 109 Å². The molecule has 0 spiro atoms. The summed E-state index contributed by atoms with van der Waals surface area (Å²) in [6.45, 7) is 2.63. The summed E-state index contributed by atoms with van der Waals surface area (Å²) in [4.78, 5) is 21.6. The van der Waals surface area contributed by atoms with Gasteiger partial charge in [-0.3, -0.25) is 9.89 Å². The number of aromatic carboxylic acids is 1. The van der Waals surface area contributed by atoms with Gasteiger partial charge < -0.3 is 9.84 Å². The van der Waals surface area contributed by atoms with E-state index in [-0.39, 0.29) is 5.69 Å². The molecule has 0 aromatic carbocycles. The zero-order valence-corrected chi connectivity index (χ0v) is 11.2. The second-order valence-corrected chi connectivity index (χ2v) is 5.35. The molecule has 3 N–H and O–H groups in total. The third-order valence-electron chi connectivity index (χ3n) is 2.25. The number of nitrogens with one attached hydrogen (secondary N) is 2. The van der Waals surface area contributed by atoms with Crippen molar-refractivity contribution in [3.05, 3.63) is 11.4 Å². The summed E-state index contributed by atoms with van der Waals surface area (Å²) in [7, 11) is -3.09. The number of aryl methyl sites for hydroxylation is 1. The van der Waals surface area contributed by atoms with Crippen LogP contribution in [0, 0.1) is 6.92 Å². The van der Waals surface area contributed by atoms with E-state index in [4.69, 9.17) is 5.11 Å². The van der Waals surface area contributed by atoms with Crippen molar-refractivity contribution in [2.24, 2.45) is 0 Å². The highest BCUT2D eigenvalue weighted by atomic mass is 32.2. The molecule has 106 valence electrons. The van der Waals surface area contributed by atoms with E-state index in [9.17, 15) is 18.0 Å². The third-order valence-corrected chi connectivity index (χ3v) is 3.95.